The summed E-state index contributed by atoms with van der Waals surface area (Å²) in [6, 6.07) is 21.3. The molecular formula is C21H16ClN5O3S. The minimum absolute atomic E-state index is 0.00631. The SMILES string of the molecule is O=C(Nc1cccc(S(=O)(=O)Nc2ccc(Cl)cc2)c1)c1cnn(-c2ccccc2)n1. The molecule has 8 nitrogen and oxygen atoms in total. The summed E-state index contributed by atoms with van der Waals surface area (Å²) in [7, 11) is -3.86. The topological polar surface area (TPSA) is 106 Å². The fourth-order valence-electron chi connectivity index (χ4n) is 2.72. The zero-order chi connectivity index (χ0) is 21.8. The van der Waals surface area contributed by atoms with Crippen molar-refractivity contribution in [3.8, 4) is 5.69 Å². The molecule has 10 heteroatoms. The zero-order valence-corrected chi connectivity index (χ0v) is 17.5. The fraction of sp³-hybridized carbons (Fsp3) is 0. The Morgan fingerprint density at radius 2 is 1.65 bits per heavy atom. The highest BCUT2D eigenvalue weighted by molar-refractivity contribution is 7.92. The number of sulfonamides is 1. The minimum atomic E-state index is -3.86. The molecule has 156 valence electrons. The van der Waals surface area contributed by atoms with Crippen molar-refractivity contribution in [1.82, 2.24) is 15.0 Å². The van der Waals surface area contributed by atoms with Crippen LogP contribution >= 0.6 is 11.6 Å². The van der Waals surface area contributed by atoms with Crippen molar-refractivity contribution in [1.29, 1.82) is 0 Å². The second kappa shape index (κ2) is 8.58. The van der Waals surface area contributed by atoms with Crippen LogP contribution < -0.4 is 10.0 Å². The number of carbonyl (C=O) groups excluding carboxylic acids is 1. The van der Waals surface area contributed by atoms with E-state index < -0.39 is 15.9 Å². The molecule has 0 spiro atoms. The molecule has 0 aliphatic carbocycles. The first-order valence-corrected chi connectivity index (χ1v) is 10.9. The summed E-state index contributed by atoms with van der Waals surface area (Å²) in [4.78, 5) is 13.9. The second-order valence-electron chi connectivity index (χ2n) is 6.45. The van der Waals surface area contributed by atoms with Gasteiger partial charge in [-0.15, -0.1) is 5.10 Å². The molecule has 0 aliphatic heterocycles. The molecule has 3 aromatic carbocycles. The van der Waals surface area contributed by atoms with Gasteiger partial charge in [0.1, 0.15) is 0 Å². The number of anilines is 2. The molecule has 0 bridgehead atoms. The van der Waals surface area contributed by atoms with Gasteiger partial charge in [0.25, 0.3) is 15.9 Å². The first kappa shape index (κ1) is 20.6. The number of rotatable bonds is 6. The molecule has 31 heavy (non-hydrogen) atoms. The number of hydrogen-bond donors (Lipinski definition) is 2. The van der Waals surface area contributed by atoms with E-state index in [9.17, 15) is 13.2 Å². The quantitative estimate of drug-likeness (QED) is 0.459. The molecule has 0 aliphatic rings. The van der Waals surface area contributed by atoms with Gasteiger partial charge in [-0.05, 0) is 54.6 Å². The van der Waals surface area contributed by atoms with Crippen LogP contribution in [0.25, 0.3) is 5.69 Å². The molecule has 2 N–H and O–H groups in total. The molecule has 0 fully saturated rings. The predicted octanol–water partition coefficient (Wildman–Crippen LogP) is 3.97. The Hall–Kier alpha value is -3.69. The first-order chi connectivity index (χ1) is 14.9. The van der Waals surface area contributed by atoms with Gasteiger partial charge >= 0.3 is 0 Å². The molecule has 1 heterocycles. The molecule has 1 aromatic heterocycles. The average molecular weight is 454 g/mol. The van der Waals surface area contributed by atoms with Gasteiger partial charge in [-0.3, -0.25) is 9.52 Å². The third-order valence-corrected chi connectivity index (χ3v) is 5.84. The highest BCUT2D eigenvalue weighted by atomic mass is 35.5. The van der Waals surface area contributed by atoms with Crippen LogP contribution in [0.2, 0.25) is 5.02 Å². The number of halogens is 1. The minimum Gasteiger partial charge on any atom is -0.321 e. The van der Waals surface area contributed by atoms with Gasteiger partial charge in [-0.2, -0.15) is 9.90 Å². The fourth-order valence-corrected chi connectivity index (χ4v) is 3.95. The van der Waals surface area contributed by atoms with Crippen molar-refractivity contribution in [2.24, 2.45) is 0 Å². The number of hydrogen-bond acceptors (Lipinski definition) is 5. The van der Waals surface area contributed by atoms with E-state index in [1.54, 1.807) is 30.3 Å². The molecule has 0 radical (unpaired) electrons. The van der Waals surface area contributed by atoms with Crippen LogP contribution in [-0.4, -0.2) is 29.3 Å². The average Bonchev–Trinajstić information content (AvgIpc) is 3.27. The van der Waals surface area contributed by atoms with Crippen LogP contribution in [0.3, 0.4) is 0 Å². The van der Waals surface area contributed by atoms with Gasteiger partial charge in [-0.25, -0.2) is 8.42 Å². The maximum atomic E-state index is 12.7. The molecule has 0 saturated carbocycles. The highest BCUT2D eigenvalue weighted by Crippen LogP contribution is 2.21. The molecule has 4 rings (SSSR count). The lowest BCUT2D eigenvalue weighted by atomic mass is 10.3. The second-order valence-corrected chi connectivity index (χ2v) is 8.57. The van der Waals surface area contributed by atoms with Gasteiger partial charge in [0.2, 0.25) is 0 Å². The summed E-state index contributed by atoms with van der Waals surface area (Å²) in [5.41, 5.74) is 1.48. The summed E-state index contributed by atoms with van der Waals surface area (Å²) in [5.74, 6) is -0.512. The summed E-state index contributed by atoms with van der Waals surface area (Å²) < 4.78 is 27.8. The number of carbonyl (C=O) groups is 1. The Kier molecular flexibility index (Phi) is 5.70. The van der Waals surface area contributed by atoms with Crippen LogP contribution in [-0.2, 0) is 10.0 Å². The van der Waals surface area contributed by atoms with Crippen LogP contribution in [0.15, 0.2) is 90.0 Å². The van der Waals surface area contributed by atoms with Gasteiger partial charge < -0.3 is 5.32 Å². The zero-order valence-electron chi connectivity index (χ0n) is 15.9. The van der Waals surface area contributed by atoms with E-state index in [-0.39, 0.29) is 10.6 Å². The normalized spacial score (nSPS) is 11.1. The maximum absolute atomic E-state index is 12.7. The molecule has 0 unspecified atom stereocenters. The monoisotopic (exact) mass is 453 g/mol. The predicted molar refractivity (Wildman–Crippen MR) is 118 cm³/mol. The summed E-state index contributed by atoms with van der Waals surface area (Å²) in [6.45, 7) is 0. The molecule has 0 atom stereocenters. The largest absolute Gasteiger partial charge is 0.321 e. The van der Waals surface area contributed by atoms with Crippen molar-refractivity contribution < 1.29 is 13.2 Å². The number of amides is 1. The third-order valence-electron chi connectivity index (χ3n) is 4.21. The van der Waals surface area contributed by atoms with Crippen molar-refractivity contribution in [3.63, 3.8) is 0 Å². The summed E-state index contributed by atoms with van der Waals surface area (Å²) in [5, 5.41) is 11.4. The molecular weight excluding hydrogens is 438 g/mol. The van der Waals surface area contributed by atoms with E-state index >= 15 is 0 Å². The van der Waals surface area contributed by atoms with Gasteiger partial charge in [0, 0.05) is 16.4 Å². The Morgan fingerprint density at radius 1 is 0.903 bits per heavy atom. The van der Waals surface area contributed by atoms with Crippen molar-refractivity contribution in [3.05, 3.63) is 95.8 Å². The molecule has 4 aromatic rings. The van der Waals surface area contributed by atoms with Crippen molar-refractivity contribution >= 4 is 38.9 Å². The standard InChI is InChI=1S/C21H16ClN5O3S/c22-15-9-11-16(12-10-15)26-31(29,30)19-8-4-5-17(13-19)24-21(28)20-14-23-27(25-20)18-6-2-1-3-7-18/h1-14,26H,(H,24,28). The smallest absolute Gasteiger partial charge is 0.277 e. The van der Waals surface area contributed by atoms with Crippen LogP contribution in [0, 0.1) is 0 Å². The van der Waals surface area contributed by atoms with E-state index in [0.717, 1.165) is 0 Å². The Balaban J connectivity index is 1.50. The van der Waals surface area contributed by atoms with Gasteiger partial charge in [0.15, 0.2) is 5.69 Å². The maximum Gasteiger partial charge on any atom is 0.277 e. The van der Waals surface area contributed by atoms with Crippen LogP contribution in [0.1, 0.15) is 10.5 Å². The summed E-state index contributed by atoms with van der Waals surface area (Å²) in [6.07, 6.45) is 1.34. The first-order valence-electron chi connectivity index (χ1n) is 9.08. The lowest BCUT2D eigenvalue weighted by Crippen LogP contribution is -2.15. The Bertz CT molecular complexity index is 1320. The van der Waals surface area contributed by atoms with E-state index in [1.807, 2.05) is 30.3 Å². The van der Waals surface area contributed by atoms with E-state index in [0.29, 0.717) is 22.1 Å². The van der Waals surface area contributed by atoms with E-state index in [1.165, 1.54) is 29.2 Å². The highest BCUT2D eigenvalue weighted by Gasteiger charge is 2.17. The van der Waals surface area contributed by atoms with Crippen molar-refractivity contribution in [2.75, 3.05) is 10.0 Å². The van der Waals surface area contributed by atoms with E-state index in [4.69, 9.17) is 11.6 Å². The Labute approximate surface area is 183 Å². The van der Waals surface area contributed by atoms with Gasteiger partial charge in [-0.1, -0.05) is 35.9 Å². The number of nitrogens with zero attached hydrogens (tertiary/aromatic N) is 3. The molecule has 0 saturated heterocycles. The van der Waals surface area contributed by atoms with Crippen LogP contribution in [0.4, 0.5) is 11.4 Å². The van der Waals surface area contributed by atoms with Gasteiger partial charge in [0.05, 0.1) is 16.8 Å². The third kappa shape index (κ3) is 4.90. The lowest BCUT2D eigenvalue weighted by molar-refractivity contribution is 0.102. The molecule has 1 amide bonds. The number of aromatic nitrogens is 3. The lowest BCUT2D eigenvalue weighted by Gasteiger charge is -2.10. The summed E-state index contributed by atoms with van der Waals surface area (Å²) >= 11 is 5.83. The number of benzene rings is 3. The van der Waals surface area contributed by atoms with Crippen molar-refractivity contribution in [2.45, 2.75) is 4.90 Å². The number of nitrogens with one attached hydrogen (secondary N) is 2. The van der Waals surface area contributed by atoms with E-state index in [2.05, 4.69) is 20.2 Å². The Morgan fingerprint density at radius 3 is 2.39 bits per heavy atom. The number of para-hydroxylation sites is 1. The van der Waals surface area contributed by atoms with Crippen LogP contribution in [0.5, 0.6) is 0 Å².